The van der Waals surface area contributed by atoms with E-state index in [-0.39, 0.29) is 5.84 Å². The molecule has 0 amide bonds. The number of hydrogen-bond donors (Lipinski definition) is 2. The first-order chi connectivity index (χ1) is 8.56. The highest BCUT2D eigenvalue weighted by Crippen LogP contribution is 2.19. The molecule has 1 aromatic heterocycles. The molecule has 5 heteroatoms. The van der Waals surface area contributed by atoms with Crippen LogP contribution in [0, 0.1) is 19.3 Å². The predicted molar refractivity (Wildman–Crippen MR) is 73.4 cm³/mol. The standard InChI is InChI=1S/C13H15N3OS/c1-8-9(2)18-12(16-8)7-17-11-5-3-4-10(6-11)13(14)15/h3-6H,7H2,1-2H3,(H3,14,15). The number of nitrogen functional groups attached to an aromatic ring is 1. The molecular formula is C13H15N3OS. The van der Waals surface area contributed by atoms with Crippen LogP contribution in [0.25, 0.3) is 0 Å². The van der Waals surface area contributed by atoms with Crippen LogP contribution in [0.4, 0.5) is 0 Å². The molecule has 0 fully saturated rings. The normalized spacial score (nSPS) is 10.3. The Morgan fingerprint density at radius 1 is 1.44 bits per heavy atom. The van der Waals surface area contributed by atoms with E-state index in [0.29, 0.717) is 17.9 Å². The number of aryl methyl sites for hydroxylation is 2. The summed E-state index contributed by atoms with van der Waals surface area (Å²) in [5.41, 5.74) is 7.15. The lowest BCUT2D eigenvalue weighted by Gasteiger charge is -2.05. The summed E-state index contributed by atoms with van der Waals surface area (Å²) in [5.74, 6) is 0.745. The Hall–Kier alpha value is -1.88. The van der Waals surface area contributed by atoms with E-state index in [1.54, 1.807) is 23.5 Å². The molecule has 18 heavy (non-hydrogen) atoms. The molecule has 0 saturated carbocycles. The minimum absolute atomic E-state index is 0.0430. The van der Waals surface area contributed by atoms with E-state index >= 15 is 0 Å². The molecule has 0 spiro atoms. The van der Waals surface area contributed by atoms with Gasteiger partial charge in [0.15, 0.2) is 0 Å². The third-order valence-electron chi connectivity index (χ3n) is 2.58. The molecule has 2 rings (SSSR count). The van der Waals surface area contributed by atoms with Gasteiger partial charge < -0.3 is 10.5 Å². The van der Waals surface area contributed by atoms with Gasteiger partial charge in [0.2, 0.25) is 0 Å². The Bertz CT molecular complexity index is 558. The number of aromatic nitrogens is 1. The monoisotopic (exact) mass is 261 g/mol. The third kappa shape index (κ3) is 2.87. The summed E-state index contributed by atoms with van der Waals surface area (Å²) >= 11 is 1.64. The van der Waals surface area contributed by atoms with Gasteiger partial charge in [-0.25, -0.2) is 4.98 Å². The lowest BCUT2D eigenvalue weighted by molar-refractivity contribution is 0.305. The molecule has 0 unspecified atom stereocenters. The Kier molecular flexibility index (Phi) is 3.62. The second-order valence-corrected chi connectivity index (χ2v) is 5.27. The van der Waals surface area contributed by atoms with Crippen molar-refractivity contribution in [2.24, 2.45) is 5.73 Å². The minimum atomic E-state index is 0.0430. The third-order valence-corrected chi connectivity index (χ3v) is 3.63. The Morgan fingerprint density at radius 2 is 2.22 bits per heavy atom. The summed E-state index contributed by atoms with van der Waals surface area (Å²) < 4.78 is 5.65. The van der Waals surface area contributed by atoms with Gasteiger partial charge in [-0.15, -0.1) is 11.3 Å². The van der Waals surface area contributed by atoms with E-state index in [0.717, 1.165) is 10.7 Å². The highest BCUT2D eigenvalue weighted by atomic mass is 32.1. The number of thiazole rings is 1. The molecule has 0 radical (unpaired) electrons. The average molecular weight is 261 g/mol. The maximum absolute atomic E-state index is 7.37. The summed E-state index contributed by atoms with van der Waals surface area (Å²) in [4.78, 5) is 5.62. The molecule has 94 valence electrons. The van der Waals surface area contributed by atoms with Gasteiger partial charge in [0.1, 0.15) is 23.2 Å². The maximum Gasteiger partial charge on any atom is 0.140 e. The van der Waals surface area contributed by atoms with Crippen LogP contribution in [0.15, 0.2) is 24.3 Å². The first kappa shape index (κ1) is 12.6. The number of hydrogen-bond acceptors (Lipinski definition) is 4. The number of nitrogens with two attached hydrogens (primary N) is 1. The number of nitrogens with zero attached hydrogens (tertiary/aromatic N) is 1. The summed E-state index contributed by atoms with van der Waals surface area (Å²) in [7, 11) is 0. The summed E-state index contributed by atoms with van der Waals surface area (Å²) in [5, 5.41) is 8.33. The van der Waals surface area contributed by atoms with E-state index in [4.69, 9.17) is 15.9 Å². The molecule has 4 nitrogen and oxygen atoms in total. The largest absolute Gasteiger partial charge is 0.486 e. The topological polar surface area (TPSA) is 72.0 Å². The van der Waals surface area contributed by atoms with Gasteiger partial charge in [-0.1, -0.05) is 12.1 Å². The highest BCUT2D eigenvalue weighted by molar-refractivity contribution is 7.11. The van der Waals surface area contributed by atoms with Gasteiger partial charge in [-0.3, -0.25) is 5.41 Å². The quantitative estimate of drug-likeness (QED) is 0.656. The molecule has 2 aromatic rings. The SMILES string of the molecule is Cc1nc(COc2cccc(C(=N)N)c2)sc1C. The van der Waals surface area contributed by atoms with E-state index in [1.807, 2.05) is 26.0 Å². The molecule has 0 bridgehead atoms. The molecule has 0 aliphatic heterocycles. The van der Waals surface area contributed by atoms with Crippen molar-refractivity contribution in [1.29, 1.82) is 5.41 Å². The van der Waals surface area contributed by atoms with Crippen LogP contribution < -0.4 is 10.5 Å². The summed E-state index contributed by atoms with van der Waals surface area (Å²) in [6.45, 7) is 4.49. The van der Waals surface area contributed by atoms with E-state index in [1.165, 1.54) is 4.88 Å². The number of benzene rings is 1. The molecule has 0 aliphatic carbocycles. The Labute approximate surface area is 110 Å². The number of ether oxygens (including phenoxy) is 1. The van der Waals surface area contributed by atoms with Crippen LogP contribution in [-0.4, -0.2) is 10.8 Å². The van der Waals surface area contributed by atoms with Gasteiger partial charge in [-0.2, -0.15) is 0 Å². The first-order valence-electron chi connectivity index (χ1n) is 5.56. The molecule has 1 heterocycles. The number of rotatable bonds is 4. The van der Waals surface area contributed by atoms with E-state index in [9.17, 15) is 0 Å². The number of amidine groups is 1. The second-order valence-electron chi connectivity index (χ2n) is 3.98. The van der Waals surface area contributed by atoms with Gasteiger partial charge in [-0.05, 0) is 26.0 Å². The first-order valence-corrected chi connectivity index (χ1v) is 6.38. The van der Waals surface area contributed by atoms with Gasteiger partial charge >= 0.3 is 0 Å². The van der Waals surface area contributed by atoms with E-state index in [2.05, 4.69) is 4.98 Å². The van der Waals surface area contributed by atoms with Crippen LogP contribution in [0.5, 0.6) is 5.75 Å². The maximum atomic E-state index is 7.37. The predicted octanol–water partition coefficient (Wildman–Crippen LogP) is 2.62. The van der Waals surface area contributed by atoms with Gasteiger partial charge in [0, 0.05) is 10.4 Å². The Balaban J connectivity index is 2.06. The molecule has 0 aliphatic rings. The van der Waals surface area contributed by atoms with Crippen molar-refractivity contribution in [3.8, 4) is 5.75 Å². The lowest BCUT2D eigenvalue weighted by Crippen LogP contribution is -2.10. The number of nitrogens with one attached hydrogen (secondary N) is 1. The fourth-order valence-corrected chi connectivity index (χ4v) is 2.35. The van der Waals surface area contributed by atoms with Crippen molar-refractivity contribution in [1.82, 2.24) is 4.98 Å². The fraction of sp³-hybridized carbons (Fsp3) is 0.231. The Morgan fingerprint density at radius 3 is 2.83 bits per heavy atom. The zero-order valence-electron chi connectivity index (χ0n) is 10.4. The van der Waals surface area contributed by atoms with Crippen LogP contribution >= 0.6 is 11.3 Å². The molecule has 1 aromatic carbocycles. The molecule has 0 atom stereocenters. The van der Waals surface area contributed by atoms with Crippen molar-refractivity contribution in [2.75, 3.05) is 0 Å². The van der Waals surface area contributed by atoms with Crippen LogP contribution in [0.2, 0.25) is 0 Å². The summed E-state index contributed by atoms with van der Waals surface area (Å²) in [6, 6.07) is 7.21. The van der Waals surface area contributed by atoms with E-state index < -0.39 is 0 Å². The van der Waals surface area contributed by atoms with Crippen LogP contribution in [-0.2, 0) is 6.61 Å². The lowest BCUT2D eigenvalue weighted by atomic mass is 10.2. The molecule has 0 saturated heterocycles. The summed E-state index contributed by atoms with van der Waals surface area (Å²) in [6.07, 6.45) is 0. The second kappa shape index (κ2) is 5.18. The van der Waals surface area contributed by atoms with Crippen molar-refractivity contribution in [3.63, 3.8) is 0 Å². The van der Waals surface area contributed by atoms with Crippen LogP contribution in [0.3, 0.4) is 0 Å². The average Bonchev–Trinajstić information content (AvgIpc) is 2.67. The van der Waals surface area contributed by atoms with Gasteiger partial charge in [0.05, 0.1) is 5.69 Å². The molecule has 3 N–H and O–H groups in total. The van der Waals surface area contributed by atoms with Crippen molar-refractivity contribution in [2.45, 2.75) is 20.5 Å². The zero-order valence-corrected chi connectivity index (χ0v) is 11.2. The smallest absolute Gasteiger partial charge is 0.140 e. The van der Waals surface area contributed by atoms with Crippen LogP contribution in [0.1, 0.15) is 21.1 Å². The van der Waals surface area contributed by atoms with Crippen molar-refractivity contribution in [3.05, 3.63) is 45.4 Å². The molecular weight excluding hydrogens is 246 g/mol. The van der Waals surface area contributed by atoms with Crippen molar-refractivity contribution < 1.29 is 4.74 Å². The van der Waals surface area contributed by atoms with Crippen molar-refractivity contribution >= 4 is 17.2 Å². The zero-order chi connectivity index (χ0) is 13.1. The highest BCUT2D eigenvalue weighted by Gasteiger charge is 2.05. The fourth-order valence-electron chi connectivity index (χ4n) is 1.50. The van der Waals surface area contributed by atoms with Gasteiger partial charge in [0.25, 0.3) is 0 Å². The minimum Gasteiger partial charge on any atom is -0.486 e.